The van der Waals surface area contributed by atoms with Crippen LogP contribution in [0.4, 0.5) is 0 Å². The van der Waals surface area contributed by atoms with Crippen LogP contribution in [0, 0.1) is 6.92 Å². The summed E-state index contributed by atoms with van der Waals surface area (Å²) in [6.07, 6.45) is 2.19. The van der Waals surface area contributed by atoms with E-state index in [1.165, 1.54) is 0 Å². The van der Waals surface area contributed by atoms with Crippen LogP contribution in [0.5, 0.6) is 0 Å². The van der Waals surface area contributed by atoms with E-state index in [2.05, 4.69) is 6.92 Å². The van der Waals surface area contributed by atoms with Crippen LogP contribution in [0.2, 0.25) is 0 Å². The third kappa shape index (κ3) is 4.62. The van der Waals surface area contributed by atoms with Gasteiger partial charge in [-0.3, -0.25) is 0 Å². The summed E-state index contributed by atoms with van der Waals surface area (Å²) < 4.78 is 24.8. The number of sulfonamides is 1. The van der Waals surface area contributed by atoms with Gasteiger partial charge in [0.25, 0.3) is 0 Å². The van der Waals surface area contributed by atoms with Crippen molar-refractivity contribution in [2.75, 3.05) is 18.8 Å². The number of hydrogen-bond acceptors (Lipinski definition) is 2. The maximum Gasteiger partial charge on any atom is 0.214 e. The standard InChI is InChI=1S/C9H20NO2S/c1-4-7-10(8-5-2)13(11,12)9-6-3/h1,4-9H2,2-3H3. The minimum atomic E-state index is -3.00. The van der Waals surface area contributed by atoms with Gasteiger partial charge in [-0.2, -0.15) is 0 Å². The molecule has 13 heavy (non-hydrogen) atoms. The smallest absolute Gasteiger partial charge is 0.212 e. The predicted octanol–water partition coefficient (Wildman–Crippen LogP) is 1.66. The summed E-state index contributed by atoms with van der Waals surface area (Å²) in [5.41, 5.74) is 0. The lowest BCUT2D eigenvalue weighted by molar-refractivity contribution is 0.415. The Bertz CT molecular complexity index is 206. The van der Waals surface area contributed by atoms with Crippen molar-refractivity contribution < 1.29 is 8.42 Å². The van der Waals surface area contributed by atoms with E-state index in [-0.39, 0.29) is 5.75 Å². The molecule has 0 N–H and O–H groups in total. The summed E-state index contributed by atoms with van der Waals surface area (Å²) in [5, 5.41) is 0. The monoisotopic (exact) mass is 206 g/mol. The van der Waals surface area contributed by atoms with E-state index in [1.807, 2.05) is 13.8 Å². The highest BCUT2D eigenvalue weighted by molar-refractivity contribution is 7.89. The zero-order valence-corrected chi connectivity index (χ0v) is 9.44. The average Bonchev–Trinajstić information content (AvgIpc) is 2.04. The van der Waals surface area contributed by atoms with Crippen LogP contribution in [0.1, 0.15) is 33.1 Å². The van der Waals surface area contributed by atoms with Gasteiger partial charge in [-0.15, -0.1) is 0 Å². The van der Waals surface area contributed by atoms with E-state index < -0.39 is 10.0 Å². The van der Waals surface area contributed by atoms with Gasteiger partial charge in [-0.25, -0.2) is 12.7 Å². The molecule has 79 valence electrons. The number of rotatable bonds is 7. The quantitative estimate of drug-likeness (QED) is 0.635. The first-order valence-electron chi connectivity index (χ1n) is 4.85. The fourth-order valence-electron chi connectivity index (χ4n) is 1.20. The summed E-state index contributed by atoms with van der Waals surface area (Å²) in [6.45, 7) is 8.71. The molecule has 0 aromatic carbocycles. The second kappa shape index (κ2) is 6.38. The second-order valence-corrected chi connectivity index (χ2v) is 5.16. The van der Waals surface area contributed by atoms with Gasteiger partial charge in [-0.05, 0) is 19.3 Å². The zero-order chi connectivity index (χ0) is 10.3. The lowest BCUT2D eigenvalue weighted by Gasteiger charge is -2.20. The van der Waals surface area contributed by atoms with E-state index in [4.69, 9.17) is 0 Å². The Balaban J connectivity index is 4.33. The van der Waals surface area contributed by atoms with Gasteiger partial charge in [0.05, 0.1) is 5.75 Å². The van der Waals surface area contributed by atoms with Gasteiger partial charge in [0.1, 0.15) is 0 Å². The van der Waals surface area contributed by atoms with Crippen molar-refractivity contribution in [2.45, 2.75) is 33.1 Å². The van der Waals surface area contributed by atoms with Gasteiger partial charge in [0.2, 0.25) is 10.0 Å². The highest BCUT2D eigenvalue weighted by Gasteiger charge is 2.18. The van der Waals surface area contributed by atoms with Crippen LogP contribution in [0.15, 0.2) is 0 Å². The molecule has 0 heterocycles. The Labute approximate surface area is 82.2 Å². The number of hydrogen-bond donors (Lipinski definition) is 0. The Hall–Kier alpha value is -0.0900. The molecule has 1 radical (unpaired) electrons. The molecular formula is C9H20NO2S. The Morgan fingerprint density at radius 2 is 1.77 bits per heavy atom. The summed E-state index contributed by atoms with van der Waals surface area (Å²) in [5.74, 6) is 0.257. The third-order valence-electron chi connectivity index (χ3n) is 1.74. The van der Waals surface area contributed by atoms with Crippen LogP contribution >= 0.6 is 0 Å². The van der Waals surface area contributed by atoms with Crippen molar-refractivity contribution in [1.82, 2.24) is 4.31 Å². The van der Waals surface area contributed by atoms with Crippen molar-refractivity contribution in [3.63, 3.8) is 0 Å². The lowest BCUT2D eigenvalue weighted by atomic mass is 10.4. The maximum atomic E-state index is 11.6. The minimum Gasteiger partial charge on any atom is -0.212 e. The zero-order valence-electron chi connectivity index (χ0n) is 8.62. The molecule has 0 aliphatic heterocycles. The Morgan fingerprint density at radius 1 is 1.15 bits per heavy atom. The second-order valence-electron chi connectivity index (χ2n) is 3.07. The fraction of sp³-hybridized carbons (Fsp3) is 0.889. The van der Waals surface area contributed by atoms with Gasteiger partial charge < -0.3 is 0 Å². The van der Waals surface area contributed by atoms with Gasteiger partial charge in [-0.1, -0.05) is 20.8 Å². The fourth-order valence-corrected chi connectivity index (χ4v) is 2.84. The molecule has 0 saturated heterocycles. The van der Waals surface area contributed by atoms with Crippen LogP contribution in [0.3, 0.4) is 0 Å². The predicted molar refractivity (Wildman–Crippen MR) is 55.9 cm³/mol. The topological polar surface area (TPSA) is 37.4 Å². The van der Waals surface area contributed by atoms with Crippen LogP contribution in [-0.2, 0) is 10.0 Å². The summed E-state index contributed by atoms with van der Waals surface area (Å²) in [6, 6.07) is 0. The molecule has 0 aliphatic carbocycles. The van der Waals surface area contributed by atoms with Crippen molar-refractivity contribution in [2.24, 2.45) is 0 Å². The first-order chi connectivity index (χ1) is 6.08. The molecule has 0 bridgehead atoms. The molecule has 0 fully saturated rings. The first kappa shape index (κ1) is 12.9. The number of nitrogens with zero attached hydrogens (tertiary/aromatic N) is 1. The minimum absolute atomic E-state index is 0.257. The SMILES string of the molecule is [CH2]CCN(CCC)S(=O)(=O)CCC. The maximum absolute atomic E-state index is 11.6. The lowest BCUT2D eigenvalue weighted by Crippen LogP contribution is -2.34. The average molecular weight is 206 g/mol. The highest BCUT2D eigenvalue weighted by Crippen LogP contribution is 2.05. The largest absolute Gasteiger partial charge is 0.214 e. The van der Waals surface area contributed by atoms with E-state index in [1.54, 1.807) is 4.31 Å². The van der Waals surface area contributed by atoms with Gasteiger partial charge >= 0.3 is 0 Å². The summed E-state index contributed by atoms with van der Waals surface area (Å²) in [7, 11) is -3.00. The highest BCUT2D eigenvalue weighted by atomic mass is 32.2. The van der Waals surface area contributed by atoms with E-state index in [0.29, 0.717) is 25.9 Å². The Morgan fingerprint density at radius 3 is 2.15 bits per heavy atom. The Kier molecular flexibility index (Phi) is 6.33. The molecule has 0 aromatic heterocycles. The molecule has 0 rings (SSSR count). The van der Waals surface area contributed by atoms with Crippen molar-refractivity contribution in [3.05, 3.63) is 6.92 Å². The molecule has 0 unspecified atom stereocenters. The van der Waals surface area contributed by atoms with E-state index in [9.17, 15) is 8.42 Å². The van der Waals surface area contributed by atoms with Gasteiger partial charge in [0, 0.05) is 13.1 Å². The van der Waals surface area contributed by atoms with E-state index >= 15 is 0 Å². The molecule has 0 atom stereocenters. The third-order valence-corrected chi connectivity index (χ3v) is 3.81. The molecular weight excluding hydrogens is 186 g/mol. The van der Waals surface area contributed by atoms with Crippen LogP contribution < -0.4 is 0 Å². The molecule has 0 saturated carbocycles. The molecule has 3 nitrogen and oxygen atoms in total. The molecule has 0 spiro atoms. The van der Waals surface area contributed by atoms with Crippen molar-refractivity contribution in [1.29, 1.82) is 0 Å². The van der Waals surface area contributed by atoms with Crippen molar-refractivity contribution >= 4 is 10.0 Å². The van der Waals surface area contributed by atoms with Crippen molar-refractivity contribution in [3.8, 4) is 0 Å². The van der Waals surface area contributed by atoms with E-state index in [0.717, 1.165) is 6.42 Å². The van der Waals surface area contributed by atoms with Crippen LogP contribution in [0.25, 0.3) is 0 Å². The van der Waals surface area contributed by atoms with Gasteiger partial charge in [0.15, 0.2) is 0 Å². The molecule has 0 aromatic rings. The van der Waals surface area contributed by atoms with Crippen LogP contribution in [-0.4, -0.2) is 31.6 Å². The first-order valence-corrected chi connectivity index (χ1v) is 6.46. The molecule has 0 amide bonds. The molecule has 0 aliphatic rings. The normalized spacial score (nSPS) is 12.3. The summed E-state index contributed by atoms with van der Waals surface area (Å²) in [4.78, 5) is 0. The summed E-state index contributed by atoms with van der Waals surface area (Å²) >= 11 is 0. The molecule has 4 heteroatoms.